The maximum Gasteiger partial charge on any atom is 0.430 e. The van der Waals surface area contributed by atoms with E-state index in [1.165, 1.54) is 0 Å². The topological polar surface area (TPSA) is 72.5 Å². The molecule has 1 aliphatic carbocycles. The Morgan fingerprint density at radius 2 is 1.51 bits per heavy atom. The first-order valence-electron chi connectivity index (χ1n) is 10.7. The molecule has 0 radical (unpaired) electrons. The van der Waals surface area contributed by atoms with Crippen LogP contribution in [0.4, 0.5) is 26.3 Å². The number of nitrogens with one attached hydrogen (secondary N) is 1. The Balaban J connectivity index is 1.72. The zero-order chi connectivity index (χ0) is 26.0. The van der Waals surface area contributed by atoms with E-state index in [-0.39, 0.29) is 18.0 Å². The minimum absolute atomic E-state index is 0.0203. The summed E-state index contributed by atoms with van der Waals surface area (Å²) in [6.45, 7) is 0.201. The smallest absolute Gasteiger partial charge is 0.354 e. The van der Waals surface area contributed by atoms with Crippen molar-refractivity contribution < 1.29 is 44.3 Å². The molecule has 1 fully saturated rings. The zero-order valence-corrected chi connectivity index (χ0v) is 19.3. The molecule has 1 N–H and O–H groups in total. The molecule has 5 nitrogen and oxygen atoms in total. The van der Waals surface area contributed by atoms with Gasteiger partial charge in [-0.1, -0.05) is 36.4 Å². The number of thiol groups is 1. The zero-order valence-electron chi connectivity index (χ0n) is 18.4. The molecule has 192 valence electrons. The summed E-state index contributed by atoms with van der Waals surface area (Å²) in [6.07, 6.45) is -9.87. The molecular formula is C23H23F6NO4S. The van der Waals surface area contributed by atoms with Crippen LogP contribution in [0.25, 0.3) is 0 Å². The molecule has 3 rings (SSSR count). The normalized spacial score (nSPS) is 15.8. The lowest BCUT2D eigenvalue weighted by Gasteiger charge is -2.37. The van der Waals surface area contributed by atoms with E-state index in [0.29, 0.717) is 23.3 Å². The molecule has 1 aliphatic rings. The fourth-order valence-electron chi connectivity index (χ4n) is 3.90. The average molecular weight is 523 g/mol. The maximum absolute atomic E-state index is 13.5. The number of alkyl halides is 6. The largest absolute Gasteiger partial charge is 0.430 e. The first kappa shape index (κ1) is 27.0. The Morgan fingerprint density at radius 3 is 1.94 bits per heavy atom. The van der Waals surface area contributed by atoms with Gasteiger partial charge in [0.25, 0.3) is 11.5 Å². The van der Waals surface area contributed by atoms with Gasteiger partial charge in [0, 0.05) is 24.3 Å². The Morgan fingerprint density at radius 1 is 0.971 bits per heavy atom. The minimum Gasteiger partial charge on any atom is -0.354 e. The molecule has 1 atom stereocenters. The van der Waals surface area contributed by atoms with Crippen LogP contribution in [-0.4, -0.2) is 33.3 Å². The lowest BCUT2D eigenvalue weighted by molar-refractivity contribution is -0.388. The van der Waals surface area contributed by atoms with E-state index in [1.54, 1.807) is 24.3 Å². The van der Waals surface area contributed by atoms with Crippen LogP contribution in [0.15, 0.2) is 48.5 Å². The number of hydrogen-bond donors (Lipinski definition) is 2. The number of rotatable bonds is 9. The summed E-state index contributed by atoms with van der Waals surface area (Å²) in [5.74, 6) is -0.596. The molecule has 1 amide bonds. The Bertz CT molecular complexity index is 1080. The van der Waals surface area contributed by atoms with E-state index in [4.69, 9.17) is 0 Å². The lowest BCUT2D eigenvalue weighted by atomic mass is 9.91. The van der Waals surface area contributed by atoms with Crippen LogP contribution in [-0.2, 0) is 27.6 Å². The number of carbonyl (C=O) groups is 1. The first-order chi connectivity index (χ1) is 16.3. The van der Waals surface area contributed by atoms with E-state index < -0.39 is 52.0 Å². The van der Waals surface area contributed by atoms with Gasteiger partial charge in [-0.3, -0.25) is 4.79 Å². The van der Waals surface area contributed by atoms with Crippen LogP contribution >= 0.6 is 0 Å². The number of hydrogen-bond acceptors (Lipinski definition) is 4. The van der Waals surface area contributed by atoms with Gasteiger partial charge in [0.05, 0.1) is 5.25 Å². The molecule has 0 bridgehead atoms. The first-order valence-corrected chi connectivity index (χ1v) is 11.9. The molecule has 0 aliphatic heterocycles. The van der Waals surface area contributed by atoms with E-state index in [9.17, 15) is 39.6 Å². The second-order valence-corrected chi connectivity index (χ2v) is 9.31. The Labute approximate surface area is 199 Å². The fraction of sp³-hybridized carbons (Fsp3) is 0.435. The molecule has 2 aromatic carbocycles. The van der Waals surface area contributed by atoms with Crippen molar-refractivity contribution in [2.75, 3.05) is 6.61 Å². The third-order valence-corrected chi connectivity index (χ3v) is 6.96. The second kappa shape index (κ2) is 10.2. The molecule has 1 saturated carbocycles. The SMILES string of the molecule is CCOC(c1ccc(C(=O)NCc2ccc(C(C3CC3)[SH](=O)=O)cc2)cc1)(C(F)(F)F)C(F)(F)F. The summed E-state index contributed by atoms with van der Waals surface area (Å²) in [5, 5.41) is 1.98. The standard InChI is InChI=1S/C23H23F6NO4S/c1-2-34-21(22(24,25)26,23(27,28)29)18-11-9-17(10-12-18)20(31)30-13-14-3-5-15(6-4-14)19(35(32)33)16-7-8-16/h3-6,9-12,16,19,35H,2,7-8,13H2,1H3,(H,30,31). The number of benzene rings is 2. The Hall–Kier alpha value is -2.60. The molecule has 1 unspecified atom stereocenters. The molecule has 2 aromatic rings. The van der Waals surface area contributed by atoms with E-state index in [2.05, 4.69) is 10.1 Å². The van der Waals surface area contributed by atoms with Crippen LogP contribution in [0.3, 0.4) is 0 Å². The predicted molar refractivity (Wildman–Crippen MR) is 115 cm³/mol. The number of halogens is 6. The van der Waals surface area contributed by atoms with Crippen LogP contribution in [0.2, 0.25) is 0 Å². The number of carbonyl (C=O) groups excluding carboxylic acids is 1. The summed E-state index contributed by atoms with van der Waals surface area (Å²) in [7, 11) is -2.62. The van der Waals surface area contributed by atoms with Gasteiger partial charge in [-0.2, -0.15) is 26.3 Å². The lowest BCUT2D eigenvalue weighted by Crippen LogP contribution is -2.56. The number of amides is 1. The quantitative estimate of drug-likeness (QED) is 0.357. The highest BCUT2D eigenvalue weighted by molar-refractivity contribution is 7.72. The fourth-order valence-corrected chi connectivity index (χ4v) is 4.96. The van der Waals surface area contributed by atoms with Gasteiger partial charge in [-0.15, -0.1) is 0 Å². The summed E-state index contributed by atoms with van der Waals surface area (Å²) < 4.78 is 108. The van der Waals surface area contributed by atoms with Gasteiger partial charge >= 0.3 is 12.4 Å². The monoisotopic (exact) mass is 523 g/mol. The molecule has 0 heterocycles. The van der Waals surface area contributed by atoms with Gasteiger partial charge in [0.2, 0.25) is 0 Å². The van der Waals surface area contributed by atoms with Crippen LogP contribution in [0, 0.1) is 5.92 Å². The molecule has 0 aromatic heterocycles. The van der Waals surface area contributed by atoms with Gasteiger partial charge in [-0.25, -0.2) is 8.42 Å². The van der Waals surface area contributed by atoms with Crippen molar-refractivity contribution in [1.29, 1.82) is 0 Å². The summed E-state index contributed by atoms with van der Waals surface area (Å²) in [5.41, 5.74) is -4.55. The van der Waals surface area contributed by atoms with Gasteiger partial charge in [-0.05, 0) is 48.9 Å². The molecule has 12 heteroatoms. The van der Waals surface area contributed by atoms with Gasteiger partial charge < -0.3 is 10.1 Å². The van der Waals surface area contributed by atoms with Crippen LogP contribution < -0.4 is 5.32 Å². The highest BCUT2D eigenvalue weighted by Gasteiger charge is 2.73. The summed E-state index contributed by atoms with van der Waals surface area (Å²) in [4.78, 5) is 12.4. The van der Waals surface area contributed by atoms with Crippen molar-refractivity contribution in [3.63, 3.8) is 0 Å². The van der Waals surface area contributed by atoms with Gasteiger partial charge in [0.1, 0.15) is 10.7 Å². The predicted octanol–water partition coefficient (Wildman–Crippen LogP) is 5.04. The molecule has 0 spiro atoms. The van der Waals surface area contributed by atoms with Crippen molar-refractivity contribution in [2.24, 2.45) is 5.92 Å². The van der Waals surface area contributed by atoms with Crippen molar-refractivity contribution in [3.05, 3.63) is 70.8 Å². The maximum atomic E-state index is 13.5. The van der Waals surface area contributed by atoms with Crippen molar-refractivity contribution >= 4 is 16.6 Å². The van der Waals surface area contributed by atoms with Crippen molar-refractivity contribution in [3.8, 4) is 0 Å². The number of ether oxygens (including phenoxy) is 1. The average Bonchev–Trinajstić information content (AvgIpc) is 3.60. The summed E-state index contributed by atoms with van der Waals surface area (Å²) in [6, 6.07) is 9.49. The highest BCUT2D eigenvalue weighted by Crippen LogP contribution is 2.52. The van der Waals surface area contributed by atoms with Crippen LogP contribution in [0.1, 0.15) is 52.1 Å². The van der Waals surface area contributed by atoms with Crippen molar-refractivity contribution in [1.82, 2.24) is 5.32 Å². The third kappa shape index (κ3) is 5.64. The Kier molecular flexibility index (Phi) is 7.85. The molecular weight excluding hydrogens is 500 g/mol. The minimum atomic E-state index is -5.78. The van der Waals surface area contributed by atoms with E-state index in [0.717, 1.165) is 31.9 Å². The van der Waals surface area contributed by atoms with Crippen LogP contribution in [0.5, 0.6) is 0 Å². The second-order valence-electron chi connectivity index (χ2n) is 8.18. The highest BCUT2D eigenvalue weighted by atomic mass is 32.2. The van der Waals surface area contributed by atoms with E-state index in [1.807, 2.05) is 0 Å². The van der Waals surface area contributed by atoms with Crippen molar-refractivity contribution in [2.45, 2.75) is 49.5 Å². The van der Waals surface area contributed by atoms with Gasteiger partial charge in [0.15, 0.2) is 0 Å². The van der Waals surface area contributed by atoms with E-state index >= 15 is 0 Å². The third-order valence-electron chi connectivity index (χ3n) is 5.78. The molecule has 0 saturated heterocycles. The summed E-state index contributed by atoms with van der Waals surface area (Å²) >= 11 is 0. The molecule has 35 heavy (non-hydrogen) atoms.